The van der Waals surface area contributed by atoms with Crippen molar-refractivity contribution >= 4 is 11.9 Å². The summed E-state index contributed by atoms with van der Waals surface area (Å²) in [6, 6.07) is -0.887. The Bertz CT molecular complexity index is 368. The van der Waals surface area contributed by atoms with Gasteiger partial charge in [-0.05, 0) is 19.4 Å². The standard InChI is InChI=1S/C13H23N3O3/c1-3-4-5-15-11-7-9(13(18)19)6-10(14)12(11)16-8(2)17/h7,10-12,15H,3-6,14H2,1-2H3,(H,16,17)(H,18,19)/t10-,11+,12+/m1/s1. The number of amides is 1. The zero-order chi connectivity index (χ0) is 14.4. The molecule has 0 radical (unpaired) electrons. The van der Waals surface area contributed by atoms with Crippen LogP contribution in [0.15, 0.2) is 11.6 Å². The molecule has 0 saturated heterocycles. The Kier molecular flexibility index (Phi) is 5.98. The highest BCUT2D eigenvalue weighted by Crippen LogP contribution is 2.18. The molecule has 0 unspecified atom stereocenters. The summed E-state index contributed by atoms with van der Waals surface area (Å²) < 4.78 is 0. The molecule has 108 valence electrons. The van der Waals surface area contributed by atoms with Crippen molar-refractivity contribution in [1.29, 1.82) is 0 Å². The molecule has 1 aliphatic carbocycles. The summed E-state index contributed by atoms with van der Waals surface area (Å²) in [5.74, 6) is -1.10. The lowest BCUT2D eigenvalue weighted by Gasteiger charge is -2.35. The Labute approximate surface area is 113 Å². The number of aliphatic carboxylic acids is 1. The maximum absolute atomic E-state index is 11.2. The summed E-state index contributed by atoms with van der Waals surface area (Å²) in [4.78, 5) is 22.3. The van der Waals surface area contributed by atoms with E-state index in [2.05, 4.69) is 17.6 Å². The monoisotopic (exact) mass is 269 g/mol. The van der Waals surface area contributed by atoms with Crippen LogP contribution < -0.4 is 16.4 Å². The summed E-state index contributed by atoms with van der Waals surface area (Å²) in [7, 11) is 0. The average Bonchev–Trinajstić information content (AvgIpc) is 2.32. The van der Waals surface area contributed by atoms with Gasteiger partial charge in [-0.2, -0.15) is 0 Å². The molecule has 5 N–H and O–H groups in total. The van der Waals surface area contributed by atoms with Crippen LogP contribution in [0.2, 0.25) is 0 Å². The van der Waals surface area contributed by atoms with Gasteiger partial charge in [0.05, 0.1) is 6.04 Å². The molecule has 0 aliphatic heterocycles. The Balaban J connectivity index is 2.81. The minimum absolute atomic E-state index is 0.157. The molecule has 0 heterocycles. The topological polar surface area (TPSA) is 104 Å². The molecule has 0 bridgehead atoms. The van der Waals surface area contributed by atoms with Gasteiger partial charge >= 0.3 is 5.97 Å². The molecule has 6 nitrogen and oxygen atoms in total. The number of hydrogen-bond donors (Lipinski definition) is 4. The van der Waals surface area contributed by atoms with Gasteiger partial charge in [-0.1, -0.05) is 19.4 Å². The van der Waals surface area contributed by atoms with Gasteiger partial charge in [-0.25, -0.2) is 4.79 Å². The smallest absolute Gasteiger partial charge is 0.331 e. The normalized spacial score (nSPS) is 26.7. The van der Waals surface area contributed by atoms with E-state index in [0.29, 0.717) is 5.57 Å². The minimum atomic E-state index is -0.945. The number of unbranched alkanes of at least 4 members (excludes halogenated alkanes) is 1. The van der Waals surface area contributed by atoms with Crippen molar-refractivity contribution in [3.05, 3.63) is 11.6 Å². The first-order valence-corrected chi connectivity index (χ1v) is 6.65. The second-order valence-corrected chi connectivity index (χ2v) is 4.92. The van der Waals surface area contributed by atoms with E-state index in [4.69, 9.17) is 10.8 Å². The van der Waals surface area contributed by atoms with Crippen LogP contribution in [0.1, 0.15) is 33.1 Å². The highest BCUT2D eigenvalue weighted by atomic mass is 16.4. The van der Waals surface area contributed by atoms with E-state index in [1.54, 1.807) is 6.08 Å². The largest absolute Gasteiger partial charge is 0.478 e. The van der Waals surface area contributed by atoms with E-state index in [0.717, 1.165) is 19.4 Å². The van der Waals surface area contributed by atoms with Crippen molar-refractivity contribution in [3.8, 4) is 0 Å². The van der Waals surface area contributed by atoms with Gasteiger partial charge in [0.25, 0.3) is 0 Å². The second kappa shape index (κ2) is 7.25. The fourth-order valence-corrected chi connectivity index (χ4v) is 2.26. The van der Waals surface area contributed by atoms with Crippen LogP contribution in [0.5, 0.6) is 0 Å². The van der Waals surface area contributed by atoms with E-state index < -0.39 is 5.97 Å². The molecule has 1 aliphatic rings. The molecule has 0 aromatic carbocycles. The highest BCUT2D eigenvalue weighted by molar-refractivity contribution is 5.87. The maximum atomic E-state index is 11.2. The third-order valence-corrected chi connectivity index (χ3v) is 3.24. The van der Waals surface area contributed by atoms with Crippen molar-refractivity contribution in [2.75, 3.05) is 6.54 Å². The first kappa shape index (κ1) is 15.7. The average molecular weight is 269 g/mol. The number of nitrogens with one attached hydrogen (secondary N) is 2. The Morgan fingerprint density at radius 3 is 2.74 bits per heavy atom. The van der Waals surface area contributed by atoms with Crippen molar-refractivity contribution in [1.82, 2.24) is 10.6 Å². The lowest BCUT2D eigenvalue weighted by molar-refractivity contribution is -0.133. The lowest BCUT2D eigenvalue weighted by Crippen LogP contribution is -2.60. The summed E-state index contributed by atoms with van der Waals surface area (Å²) in [6.45, 7) is 4.29. The van der Waals surface area contributed by atoms with Crippen LogP contribution in [0.4, 0.5) is 0 Å². The number of nitrogens with two attached hydrogens (primary N) is 1. The maximum Gasteiger partial charge on any atom is 0.331 e. The number of hydrogen-bond acceptors (Lipinski definition) is 4. The first-order valence-electron chi connectivity index (χ1n) is 6.65. The summed E-state index contributed by atoms with van der Waals surface area (Å²) >= 11 is 0. The predicted octanol–water partition coefficient (Wildman–Crippen LogP) is -0.00860. The number of carboxylic acid groups (broad SMARTS) is 1. The first-order chi connectivity index (χ1) is 8.95. The van der Waals surface area contributed by atoms with Crippen LogP contribution in [-0.2, 0) is 9.59 Å². The van der Waals surface area contributed by atoms with Crippen molar-refractivity contribution in [2.45, 2.75) is 51.2 Å². The van der Waals surface area contributed by atoms with Crippen LogP contribution in [-0.4, -0.2) is 41.7 Å². The zero-order valence-electron chi connectivity index (χ0n) is 11.5. The Hall–Kier alpha value is -1.40. The van der Waals surface area contributed by atoms with E-state index in [9.17, 15) is 9.59 Å². The minimum Gasteiger partial charge on any atom is -0.478 e. The van der Waals surface area contributed by atoms with E-state index in [1.807, 2.05) is 0 Å². The quantitative estimate of drug-likeness (QED) is 0.508. The zero-order valence-corrected chi connectivity index (χ0v) is 11.5. The number of carbonyl (C=O) groups is 2. The lowest BCUT2D eigenvalue weighted by atomic mass is 9.87. The summed E-state index contributed by atoms with van der Waals surface area (Å²) in [6.07, 6.45) is 3.98. The number of carbonyl (C=O) groups excluding carboxylic acids is 1. The van der Waals surface area contributed by atoms with Crippen LogP contribution in [0.3, 0.4) is 0 Å². The fourth-order valence-electron chi connectivity index (χ4n) is 2.26. The molecule has 0 aromatic rings. The Morgan fingerprint density at radius 1 is 1.53 bits per heavy atom. The molecule has 0 fully saturated rings. The highest BCUT2D eigenvalue weighted by Gasteiger charge is 2.33. The molecule has 0 spiro atoms. The van der Waals surface area contributed by atoms with Crippen molar-refractivity contribution < 1.29 is 14.7 Å². The number of rotatable bonds is 6. The fraction of sp³-hybridized carbons (Fsp3) is 0.692. The van der Waals surface area contributed by atoms with Crippen molar-refractivity contribution in [2.24, 2.45) is 5.73 Å². The van der Waals surface area contributed by atoms with E-state index in [1.165, 1.54) is 6.92 Å². The third kappa shape index (κ3) is 4.65. The molecular formula is C13H23N3O3. The molecule has 1 rings (SSSR count). The molecule has 3 atom stereocenters. The van der Waals surface area contributed by atoms with Gasteiger partial charge in [0, 0.05) is 24.6 Å². The molecule has 0 aromatic heterocycles. The van der Waals surface area contributed by atoms with Gasteiger partial charge in [-0.15, -0.1) is 0 Å². The third-order valence-electron chi connectivity index (χ3n) is 3.24. The van der Waals surface area contributed by atoms with Crippen molar-refractivity contribution in [3.63, 3.8) is 0 Å². The van der Waals surface area contributed by atoms with Crippen LogP contribution >= 0.6 is 0 Å². The van der Waals surface area contributed by atoms with Crippen LogP contribution in [0.25, 0.3) is 0 Å². The Morgan fingerprint density at radius 2 is 2.21 bits per heavy atom. The van der Waals surface area contributed by atoms with Gasteiger partial charge in [0.2, 0.25) is 5.91 Å². The molecule has 1 amide bonds. The number of carboxylic acids is 1. The summed E-state index contributed by atoms with van der Waals surface area (Å²) in [5.41, 5.74) is 6.30. The van der Waals surface area contributed by atoms with Gasteiger partial charge in [0.1, 0.15) is 0 Å². The second-order valence-electron chi connectivity index (χ2n) is 4.92. The molecular weight excluding hydrogens is 246 g/mol. The van der Waals surface area contributed by atoms with Gasteiger partial charge in [0.15, 0.2) is 0 Å². The van der Waals surface area contributed by atoms with Gasteiger partial charge < -0.3 is 21.5 Å². The van der Waals surface area contributed by atoms with Gasteiger partial charge in [-0.3, -0.25) is 4.79 Å². The molecule has 19 heavy (non-hydrogen) atoms. The van der Waals surface area contributed by atoms with E-state index >= 15 is 0 Å². The molecule has 0 saturated carbocycles. The predicted molar refractivity (Wildman–Crippen MR) is 72.6 cm³/mol. The SMILES string of the molecule is CCCCN[C@H]1C=C(C(=O)O)C[C@@H](N)[C@@H]1NC(C)=O. The van der Waals surface area contributed by atoms with E-state index in [-0.39, 0.29) is 30.5 Å². The summed E-state index contributed by atoms with van der Waals surface area (Å²) in [5, 5.41) is 15.1. The van der Waals surface area contributed by atoms with Crippen LogP contribution in [0, 0.1) is 0 Å². The molecule has 6 heteroatoms.